The lowest BCUT2D eigenvalue weighted by atomic mass is 10.1. The van der Waals surface area contributed by atoms with E-state index in [0.717, 1.165) is 5.56 Å². The van der Waals surface area contributed by atoms with E-state index in [2.05, 4.69) is 5.10 Å². The van der Waals surface area contributed by atoms with E-state index in [-0.39, 0.29) is 5.03 Å². The Morgan fingerprint density at radius 1 is 1.32 bits per heavy atom. The Balaban J connectivity index is 2.11. The van der Waals surface area contributed by atoms with Gasteiger partial charge < -0.3 is 5.73 Å². The largest absolute Gasteiger partial charge is 0.399 e. The molecule has 1 aromatic heterocycles. The number of anilines is 2. The van der Waals surface area contributed by atoms with Gasteiger partial charge in [0.05, 0.1) is 11.9 Å². The molecule has 3 rings (SSSR count). The molecule has 0 fully saturated rings. The van der Waals surface area contributed by atoms with Gasteiger partial charge in [-0.3, -0.25) is 8.99 Å². The summed E-state index contributed by atoms with van der Waals surface area (Å²) in [4.78, 5) is 0. The first-order valence-corrected chi connectivity index (χ1v) is 7.33. The van der Waals surface area contributed by atoms with Gasteiger partial charge in [0.15, 0.2) is 5.03 Å². The normalized spacial score (nSPS) is 14.7. The third kappa shape index (κ3) is 1.77. The monoisotopic (exact) mass is 278 g/mol. The van der Waals surface area contributed by atoms with Gasteiger partial charge in [-0.25, -0.2) is 0 Å². The molecule has 2 heterocycles. The maximum Gasteiger partial charge on any atom is 0.281 e. The van der Waals surface area contributed by atoms with Crippen molar-refractivity contribution in [2.75, 3.05) is 16.6 Å². The van der Waals surface area contributed by atoms with Gasteiger partial charge >= 0.3 is 0 Å². The van der Waals surface area contributed by atoms with E-state index < -0.39 is 10.0 Å². The van der Waals surface area contributed by atoms with Crippen molar-refractivity contribution in [3.05, 3.63) is 36.0 Å². The zero-order valence-corrected chi connectivity index (χ0v) is 11.3. The zero-order chi connectivity index (χ0) is 13.6. The number of sulfonamides is 1. The molecule has 0 amide bonds. The van der Waals surface area contributed by atoms with Crippen LogP contribution in [0.3, 0.4) is 0 Å². The lowest BCUT2D eigenvalue weighted by Gasteiger charge is -2.19. The Labute approximate surface area is 111 Å². The highest BCUT2D eigenvalue weighted by Gasteiger charge is 2.32. The van der Waals surface area contributed by atoms with Crippen LogP contribution in [0.1, 0.15) is 5.56 Å². The first kappa shape index (κ1) is 12.0. The number of nitrogens with two attached hydrogens (primary N) is 1. The molecule has 0 spiro atoms. The van der Waals surface area contributed by atoms with Crippen LogP contribution < -0.4 is 10.0 Å². The average Bonchev–Trinajstić information content (AvgIpc) is 2.94. The van der Waals surface area contributed by atoms with E-state index in [4.69, 9.17) is 5.73 Å². The van der Waals surface area contributed by atoms with Crippen molar-refractivity contribution in [3.8, 4) is 0 Å². The highest BCUT2D eigenvalue weighted by Crippen LogP contribution is 2.34. The SMILES string of the molecule is Cn1nccc1S(=O)(=O)N1CCc2ccc(N)cc21. The predicted octanol–water partition coefficient (Wildman–Crippen LogP) is 0.754. The second-order valence-electron chi connectivity index (χ2n) is 4.51. The number of rotatable bonds is 2. The van der Waals surface area contributed by atoms with Crippen LogP contribution in [-0.2, 0) is 23.5 Å². The molecule has 1 aromatic carbocycles. The highest BCUT2D eigenvalue weighted by molar-refractivity contribution is 7.92. The number of nitrogen functional groups attached to an aromatic ring is 1. The van der Waals surface area contributed by atoms with Crippen molar-refractivity contribution < 1.29 is 8.42 Å². The summed E-state index contributed by atoms with van der Waals surface area (Å²) in [6.45, 7) is 0.437. The fraction of sp³-hybridized carbons (Fsp3) is 0.250. The van der Waals surface area contributed by atoms with Crippen molar-refractivity contribution in [1.82, 2.24) is 9.78 Å². The van der Waals surface area contributed by atoms with Gasteiger partial charge in [-0.15, -0.1) is 0 Å². The molecule has 0 unspecified atom stereocenters. The van der Waals surface area contributed by atoms with Crippen LogP contribution in [-0.4, -0.2) is 24.7 Å². The third-order valence-electron chi connectivity index (χ3n) is 3.29. The molecule has 0 bridgehead atoms. The van der Waals surface area contributed by atoms with Crippen molar-refractivity contribution in [3.63, 3.8) is 0 Å². The topological polar surface area (TPSA) is 81.2 Å². The number of nitrogens with zero attached hydrogens (tertiary/aromatic N) is 3. The summed E-state index contributed by atoms with van der Waals surface area (Å²) >= 11 is 0. The van der Waals surface area contributed by atoms with E-state index in [0.29, 0.717) is 24.3 Å². The van der Waals surface area contributed by atoms with Gasteiger partial charge in [0.25, 0.3) is 10.0 Å². The van der Waals surface area contributed by atoms with Crippen molar-refractivity contribution >= 4 is 21.4 Å². The Morgan fingerprint density at radius 2 is 2.11 bits per heavy atom. The van der Waals surface area contributed by atoms with Gasteiger partial charge in [-0.1, -0.05) is 6.07 Å². The minimum Gasteiger partial charge on any atom is -0.399 e. The fourth-order valence-corrected chi connectivity index (χ4v) is 3.94. The zero-order valence-electron chi connectivity index (χ0n) is 10.4. The van der Waals surface area contributed by atoms with Crippen LogP contribution in [0.2, 0.25) is 0 Å². The summed E-state index contributed by atoms with van der Waals surface area (Å²) in [5.41, 5.74) is 7.97. The standard InChI is InChI=1S/C12H14N4O2S/c1-15-12(4-6-14-15)19(17,18)16-7-5-9-2-3-10(13)8-11(9)16/h2-4,6,8H,5,7,13H2,1H3. The second kappa shape index (κ2) is 3.99. The maximum atomic E-state index is 12.6. The van der Waals surface area contributed by atoms with E-state index in [1.807, 2.05) is 6.07 Å². The lowest BCUT2D eigenvalue weighted by molar-refractivity contribution is 0.573. The molecule has 19 heavy (non-hydrogen) atoms. The maximum absolute atomic E-state index is 12.6. The Bertz CT molecular complexity index is 736. The van der Waals surface area contributed by atoms with Gasteiger partial charge in [-0.05, 0) is 30.2 Å². The van der Waals surface area contributed by atoms with Gasteiger partial charge in [-0.2, -0.15) is 13.5 Å². The molecule has 2 N–H and O–H groups in total. The van der Waals surface area contributed by atoms with Gasteiger partial charge in [0.1, 0.15) is 0 Å². The predicted molar refractivity (Wildman–Crippen MR) is 72.3 cm³/mol. The highest BCUT2D eigenvalue weighted by atomic mass is 32.2. The van der Waals surface area contributed by atoms with Crippen LogP contribution >= 0.6 is 0 Å². The number of hydrogen-bond donors (Lipinski definition) is 1. The Kier molecular flexibility index (Phi) is 2.53. The van der Waals surface area contributed by atoms with E-state index in [9.17, 15) is 8.42 Å². The fourth-order valence-electron chi connectivity index (χ4n) is 2.34. The minimum absolute atomic E-state index is 0.183. The minimum atomic E-state index is -3.58. The first-order valence-electron chi connectivity index (χ1n) is 5.89. The van der Waals surface area contributed by atoms with Crippen molar-refractivity contribution in [2.24, 2.45) is 7.05 Å². The molecular weight excluding hydrogens is 264 g/mol. The number of aromatic nitrogens is 2. The second-order valence-corrected chi connectivity index (χ2v) is 6.32. The molecule has 0 aliphatic carbocycles. The molecule has 6 nitrogen and oxygen atoms in total. The molecule has 0 saturated carbocycles. The molecule has 100 valence electrons. The van der Waals surface area contributed by atoms with Crippen molar-refractivity contribution in [2.45, 2.75) is 11.4 Å². The van der Waals surface area contributed by atoms with E-state index in [1.165, 1.54) is 21.3 Å². The van der Waals surface area contributed by atoms with Gasteiger partial charge in [0, 0.05) is 19.3 Å². The van der Waals surface area contributed by atoms with Crippen LogP contribution in [0.25, 0.3) is 0 Å². The molecule has 0 radical (unpaired) electrons. The first-order chi connectivity index (χ1) is 9.00. The summed E-state index contributed by atoms with van der Waals surface area (Å²) < 4.78 is 28.0. The van der Waals surface area contributed by atoms with Crippen LogP contribution in [0.4, 0.5) is 11.4 Å². The van der Waals surface area contributed by atoms with Crippen LogP contribution in [0, 0.1) is 0 Å². The van der Waals surface area contributed by atoms with E-state index in [1.54, 1.807) is 19.2 Å². The summed E-state index contributed by atoms with van der Waals surface area (Å²) in [6, 6.07) is 6.87. The number of hydrogen-bond acceptors (Lipinski definition) is 4. The summed E-state index contributed by atoms with van der Waals surface area (Å²) in [7, 11) is -1.96. The summed E-state index contributed by atoms with van der Waals surface area (Å²) in [5, 5.41) is 4.10. The molecule has 1 aliphatic rings. The Hall–Kier alpha value is -2.02. The molecule has 0 atom stereocenters. The average molecular weight is 278 g/mol. The molecule has 2 aromatic rings. The molecule has 1 aliphatic heterocycles. The number of fused-ring (bicyclic) bond motifs is 1. The van der Waals surface area contributed by atoms with Crippen LogP contribution in [0.5, 0.6) is 0 Å². The van der Waals surface area contributed by atoms with Crippen LogP contribution in [0.15, 0.2) is 35.5 Å². The number of aryl methyl sites for hydroxylation is 1. The summed E-state index contributed by atoms with van der Waals surface area (Å²) in [5.74, 6) is 0. The van der Waals surface area contributed by atoms with Gasteiger partial charge in [0.2, 0.25) is 0 Å². The summed E-state index contributed by atoms with van der Waals surface area (Å²) in [6.07, 6.45) is 2.18. The molecular formula is C12H14N4O2S. The Morgan fingerprint density at radius 3 is 2.79 bits per heavy atom. The third-order valence-corrected chi connectivity index (χ3v) is 5.18. The number of benzene rings is 1. The van der Waals surface area contributed by atoms with Crippen molar-refractivity contribution in [1.29, 1.82) is 0 Å². The van der Waals surface area contributed by atoms with E-state index >= 15 is 0 Å². The smallest absolute Gasteiger partial charge is 0.281 e. The molecule has 0 saturated heterocycles. The molecule has 7 heteroatoms. The lowest BCUT2D eigenvalue weighted by Crippen LogP contribution is -2.30. The quantitative estimate of drug-likeness (QED) is 0.822.